The van der Waals surface area contributed by atoms with Crippen LogP contribution in [0.25, 0.3) is 0 Å². The molecule has 4 aliphatic rings. The van der Waals surface area contributed by atoms with Gasteiger partial charge in [-0.25, -0.2) is 0 Å². The van der Waals surface area contributed by atoms with Crippen LogP contribution in [0, 0.1) is 11.3 Å². The van der Waals surface area contributed by atoms with Gasteiger partial charge >= 0.3 is 0 Å². The van der Waals surface area contributed by atoms with Crippen LogP contribution in [-0.4, -0.2) is 47.9 Å². The molecule has 0 radical (unpaired) electrons. The van der Waals surface area contributed by atoms with E-state index in [-0.39, 0.29) is 23.8 Å². The molecule has 2 aromatic rings. The maximum Gasteiger partial charge on any atom is 0.253 e. The van der Waals surface area contributed by atoms with Gasteiger partial charge < -0.3 is 15.1 Å². The quantitative estimate of drug-likeness (QED) is 0.749. The molecule has 2 aliphatic heterocycles. The number of nitrogens with one attached hydrogen (secondary N) is 1. The average Bonchev–Trinajstić information content (AvgIpc) is 3.67. The second-order valence-electron chi connectivity index (χ2n) is 10.8. The molecule has 2 aliphatic carbocycles. The van der Waals surface area contributed by atoms with Crippen LogP contribution in [0.1, 0.15) is 72.5 Å². The molecule has 1 saturated carbocycles. The highest BCUT2D eigenvalue weighted by molar-refractivity contribution is 5.94. The van der Waals surface area contributed by atoms with Crippen molar-refractivity contribution in [3.05, 3.63) is 59.4 Å². The van der Waals surface area contributed by atoms with Gasteiger partial charge in [0.2, 0.25) is 5.91 Å². The molecule has 3 fully saturated rings. The molecule has 6 rings (SSSR count). The van der Waals surface area contributed by atoms with Gasteiger partial charge in [0.25, 0.3) is 5.91 Å². The number of hydrogen-bond donors (Lipinski definition) is 1. The van der Waals surface area contributed by atoms with E-state index in [0.717, 1.165) is 75.8 Å². The molecule has 1 spiro atoms. The first-order chi connectivity index (χ1) is 16.6. The van der Waals surface area contributed by atoms with E-state index in [9.17, 15) is 9.59 Å². The zero-order valence-corrected chi connectivity index (χ0v) is 19.8. The largest absolute Gasteiger partial charge is 0.371 e. The topological polar surface area (TPSA) is 65.5 Å². The molecule has 0 bridgehead atoms. The smallest absolute Gasteiger partial charge is 0.253 e. The Labute approximate surface area is 201 Å². The molecule has 1 unspecified atom stereocenters. The number of carbonyl (C=O) groups is 2. The van der Waals surface area contributed by atoms with Crippen LogP contribution in [0.2, 0.25) is 0 Å². The molecule has 1 atom stereocenters. The Bertz CT molecular complexity index is 1060. The van der Waals surface area contributed by atoms with Gasteiger partial charge in [0.1, 0.15) is 0 Å². The van der Waals surface area contributed by atoms with Crippen molar-refractivity contribution in [1.82, 2.24) is 15.2 Å². The molecule has 1 N–H and O–H groups in total. The number of nitrogens with zero attached hydrogens (tertiary/aromatic N) is 3. The van der Waals surface area contributed by atoms with E-state index in [4.69, 9.17) is 0 Å². The summed E-state index contributed by atoms with van der Waals surface area (Å²) < 4.78 is 0. The molecular weight excluding hydrogens is 424 g/mol. The first-order valence-corrected chi connectivity index (χ1v) is 13.0. The second-order valence-corrected chi connectivity index (χ2v) is 10.8. The maximum absolute atomic E-state index is 13.4. The fraction of sp³-hybridized carbons (Fsp3) is 0.536. The highest BCUT2D eigenvalue weighted by Gasteiger charge is 2.39. The predicted molar refractivity (Wildman–Crippen MR) is 132 cm³/mol. The molecule has 6 heteroatoms. The van der Waals surface area contributed by atoms with Crippen LogP contribution in [0.15, 0.2) is 42.7 Å². The molecular formula is C28H34N4O2. The number of anilines is 1. The summed E-state index contributed by atoms with van der Waals surface area (Å²) in [5, 5.41) is 3.23. The number of rotatable bonds is 4. The standard InChI is InChI=1S/C28H34N4O2/c33-26(21-2-3-21)30-25-6-5-20-1-4-22(19-24(20)25)27(34)32-17-11-28(12-18-32)9-15-31(16-10-28)23-7-13-29-14-8-23/h1,4,7-8,13-14,19,21,25H,2-3,5-6,9-12,15-18H2,(H,30,33). The van der Waals surface area contributed by atoms with E-state index >= 15 is 0 Å². The Kier molecular flexibility index (Phi) is 5.54. The predicted octanol–water partition coefficient (Wildman–Crippen LogP) is 4.12. The number of carbonyl (C=O) groups excluding carboxylic acids is 2. The van der Waals surface area contributed by atoms with Crippen molar-refractivity contribution in [2.75, 3.05) is 31.1 Å². The number of hydrogen-bond acceptors (Lipinski definition) is 4. The van der Waals surface area contributed by atoms with Gasteiger partial charge in [-0.3, -0.25) is 14.6 Å². The van der Waals surface area contributed by atoms with E-state index < -0.39 is 0 Å². The van der Waals surface area contributed by atoms with Crippen LogP contribution in [0.3, 0.4) is 0 Å². The summed E-state index contributed by atoms with van der Waals surface area (Å²) in [4.78, 5) is 34.3. The number of benzene rings is 1. The van der Waals surface area contributed by atoms with E-state index in [0.29, 0.717) is 5.41 Å². The molecule has 1 aromatic heterocycles. The third kappa shape index (κ3) is 4.19. The van der Waals surface area contributed by atoms with Crippen molar-refractivity contribution in [2.24, 2.45) is 11.3 Å². The normalized spacial score (nSPS) is 23.6. The van der Waals surface area contributed by atoms with Gasteiger partial charge in [-0.1, -0.05) is 6.07 Å². The van der Waals surface area contributed by atoms with Gasteiger partial charge in [-0.2, -0.15) is 0 Å². The summed E-state index contributed by atoms with van der Waals surface area (Å²) in [6.07, 6.45) is 12.2. The SMILES string of the molecule is O=C(NC1CCc2ccc(C(=O)N3CCC4(CC3)CCN(c3ccncc3)CC4)cc21)C1CC1. The minimum atomic E-state index is 0.0612. The average molecular weight is 459 g/mol. The summed E-state index contributed by atoms with van der Waals surface area (Å²) in [6.45, 7) is 3.84. The van der Waals surface area contributed by atoms with Crippen LogP contribution in [0.4, 0.5) is 5.69 Å². The number of fused-ring (bicyclic) bond motifs is 1. The summed E-state index contributed by atoms with van der Waals surface area (Å²) in [6, 6.07) is 10.4. The molecule has 34 heavy (non-hydrogen) atoms. The number of pyridine rings is 1. The third-order valence-electron chi connectivity index (χ3n) is 8.70. The molecule has 2 amide bonds. The Morgan fingerprint density at radius 3 is 2.32 bits per heavy atom. The molecule has 6 nitrogen and oxygen atoms in total. The third-order valence-corrected chi connectivity index (χ3v) is 8.70. The number of aryl methyl sites for hydroxylation is 1. The van der Waals surface area contributed by atoms with Crippen molar-refractivity contribution in [3.8, 4) is 0 Å². The highest BCUT2D eigenvalue weighted by atomic mass is 16.2. The molecule has 178 valence electrons. The zero-order chi connectivity index (χ0) is 23.1. The Hall–Kier alpha value is -2.89. The Morgan fingerprint density at radius 1 is 0.912 bits per heavy atom. The van der Waals surface area contributed by atoms with Gasteiger partial charge in [0.15, 0.2) is 0 Å². The first-order valence-electron chi connectivity index (χ1n) is 13.0. The highest BCUT2D eigenvalue weighted by Crippen LogP contribution is 2.42. The van der Waals surface area contributed by atoms with E-state index in [1.165, 1.54) is 24.1 Å². The monoisotopic (exact) mass is 458 g/mol. The maximum atomic E-state index is 13.4. The van der Waals surface area contributed by atoms with Gasteiger partial charge in [0.05, 0.1) is 6.04 Å². The Balaban J connectivity index is 1.07. The summed E-state index contributed by atoms with van der Waals surface area (Å²) in [7, 11) is 0. The van der Waals surface area contributed by atoms with Crippen molar-refractivity contribution < 1.29 is 9.59 Å². The molecule has 3 heterocycles. The summed E-state index contributed by atoms with van der Waals surface area (Å²) in [5.74, 6) is 0.544. The minimum Gasteiger partial charge on any atom is -0.371 e. The van der Waals surface area contributed by atoms with Gasteiger partial charge in [-0.15, -0.1) is 0 Å². The summed E-state index contributed by atoms with van der Waals surface area (Å²) >= 11 is 0. The molecule has 2 saturated heterocycles. The van der Waals surface area contributed by atoms with Crippen LogP contribution in [0.5, 0.6) is 0 Å². The van der Waals surface area contributed by atoms with Crippen molar-refractivity contribution >= 4 is 17.5 Å². The number of amides is 2. The zero-order valence-electron chi connectivity index (χ0n) is 19.8. The van der Waals surface area contributed by atoms with Crippen LogP contribution < -0.4 is 10.2 Å². The minimum absolute atomic E-state index is 0.0612. The Morgan fingerprint density at radius 2 is 1.62 bits per heavy atom. The van der Waals surface area contributed by atoms with Crippen LogP contribution in [-0.2, 0) is 11.2 Å². The van der Waals surface area contributed by atoms with Crippen molar-refractivity contribution in [3.63, 3.8) is 0 Å². The van der Waals surface area contributed by atoms with E-state index in [1.54, 1.807) is 0 Å². The lowest BCUT2D eigenvalue weighted by atomic mass is 9.71. The summed E-state index contributed by atoms with van der Waals surface area (Å²) in [5.41, 5.74) is 4.83. The number of aromatic nitrogens is 1. The molecule has 1 aromatic carbocycles. The van der Waals surface area contributed by atoms with Gasteiger partial charge in [-0.05, 0) is 92.2 Å². The lowest BCUT2D eigenvalue weighted by molar-refractivity contribution is -0.123. The lowest BCUT2D eigenvalue weighted by Crippen LogP contribution is -2.48. The number of likely N-dealkylation sites (tertiary alicyclic amines) is 1. The number of piperidine rings is 2. The fourth-order valence-corrected chi connectivity index (χ4v) is 6.18. The van der Waals surface area contributed by atoms with Crippen molar-refractivity contribution in [2.45, 2.75) is 57.4 Å². The van der Waals surface area contributed by atoms with E-state index in [2.05, 4.69) is 44.4 Å². The first kappa shape index (κ1) is 21.6. The van der Waals surface area contributed by atoms with Crippen molar-refractivity contribution in [1.29, 1.82) is 0 Å². The lowest BCUT2D eigenvalue weighted by Gasteiger charge is -2.47. The van der Waals surface area contributed by atoms with Gasteiger partial charge in [0, 0.05) is 55.7 Å². The van der Waals surface area contributed by atoms with Crippen LogP contribution >= 0.6 is 0 Å². The second kappa shape index (κ2) is 8.71. The van der Waals surface area contributed by atoms with E-state index in [1.807, 2.05) is 18.5 Å². The fourth-order valence-electron chi connectivity index (χ4n) is 6.18.